The summed E-state index contributed by atoms with van der Waals surface area (Å²) < 4.78 is 61.9. The number of nitrogens with one attached hydrogen (secondary N) is 1. The van der Waals surface area contributed by atoms with E-state index in [-0.39, 0.29) is 41.4 Å². The number of anilines is 1. The van der Waals surface area contributed by atoms with Crippen LogP contribution in [0.2, 0.25) is 0 Å². The van der Waals surface area contributed by atoms with Crippen LogP contribution in [0.1, 0.15) is 42.4 Å². The lowest BCUT2D eigenvalue weighted by Gasteiger charge is -2.24. The van der Waals surface area contributed by atoms with Gasteiger partial charge in [-0.15, -0.1) is 0 Å². The van der Waals surface area contributed by atoms with Gasteiger partial charge in [-0.3, -0.25) is 9.78 Å². The lowest BCUT2D eigenvalue weighted by molar-refractivity contribution is -0.136. The van der Waals surface area contributed by atoms with Crippen molar-refractivity contribution >= 4 is 23.3 Å². The van der Waals surface area contributed by atoms with Crippen molar-refractivity contribution in [1.82, 2.24) is 29.8 Å². The van der Waals surface area contributed by atoms with Gasteiger partial charge >= 0.3 is 12.3 Å². The molecule has 1 fully saturated rings. The van der Waals surface area contributed by atoms with Gasteiger partial charge in [0, 0.05) is 18.3 Å². The molecule has 10 nitrogen and oxygen atoms in total. The number of pyridine rings is 1. The molecule has 37 heavy (non-hydrogen) atoms. The van der Waals surface area contributed by atoms with E-state index in [0.29, 0.717) is 0 Å². The zero-order chi connectivity index (χ0) is 27.3. The molecule has 0 aromatic carbocycles. The van der Waals surface area contributed by atoms with Crippen molar-refractivity contribution in [2.24, 2.45) is 0 Å². The van der Waals surface area contributed by atoms with Gasteiger partial charge in [0.05, 0.1) is 35.1 Å². The molecule has 3 N–H and O–H groups in total. The highest BCUT2D eigenvalue weighted by Gasteiger charge is 2.39. The Morgan fingerprint density at radius 2 is 1.86 bits per heavy atom. The van der Waals surface area contributed by atoms with Crippen LogP contribution in [-0.4, -0.2) is 67.4 Å². The predicted octanol–water partition coefficient (Wildman–Crippen LogP) is 3.39. The number of carbonyl (C=O) groups excluding carboxylic acids is 2. The topological polar surface area (TPSA) is 128 Å². The maximum atomic E-state index is 14.7. The van der Waals surface area contributed by atoms with Crippen molar-refractivity contribution in [3.8, 4) is 11.3 Å². The maximum absolute atomic E-state index is 14.7. The molecular formula is C23H25F4N7O3. The molecule has 2 amide bonds. The summed E-state index contributed by atoms with van der Waals surface area (Å²) in [5, 5.41) is 6.44. The number of rotatable bonds is 3. The van der Waals surface area contributed by atoms with Crippen molar-refractivity contribution < 1.29 is 31.9 Å². The number of aromatic nitrogens is 4. The van der Waals surface area contributed by atoms with Crippen molar-refractivity contribution in [2.75, 3.05) is 18.8 Å². The molecule has 0 radical (unpaired) electrons. The lowest BCUT2D eigenvalue weighted by atomic mass is 10.1. The fraction of sp³-hybridized carbons (Fsp3) is 0.435. The van der Waals surface area contributed by atoms with Gasteiger partial charge in [0.2, 0.25) is 0 Å². The van der Waals surface area contributed by atoms with Gasteiger partial charge in [0.15, 0.2) is 5.82 Å². The van der Waals surface area contributed by atoms with Crippen LogP contribution < -0.4 is 11.1 Å². The molecular weight excluding hydrogens is 498 g/mol. The third kappa shape index (κ3) is 5.27. The maximum Gasteiger partial charge on any atom is 0.418 e. The van der Waals surface area contributed by atoms with Crippen molar-refractivity contribution in [1.29, 1.82) is 0 Å². The average molecular weight is 523 g/mol. The van der Waals surface area contributed by atoms with Crippen molar-refractivity contribution in [2.45, 2.75) is 51.7 Å². The Balaban J connectivity index is 1.62. The van der Waals surface area contributed by atoms with Gasteiger partial charge in [-0.1, -0.05) is 0 Å². The molecule has 4 rings (SSSR count). The quantitative estimate of drug-likeness (QED) is 0.504. The van der Waals surface area contributed by atoms with E-state index in [4.69, 9.17) is 10.5 Å². The molecule has 14 heteroatoms. The molecule has 0 aliphatic carbocycles. The predicted molar refractivity (Wildman–Crippen MR) is 124 cm³/mol. The number of alkyl halides is 4. The number of halogens is 4. The summed E-state index contributed by atoms with van der Waals surface area (Å²) in [5.74, 6) is -1.06. The molecule has 3 aromatic heterocycles. The molecule has 0 spiro atoms. The molecule has 0 bridgehead atoms. The van der Waals surface area contributed by atoms with Gasteiger partial charge < -0.3 is 20.7 Å². The van der Waals surface area contributed by atoms with E-state index < -0.39 is 47.1 Å². The van der Waals surface area contributed by atoms with Gasteiger partial charge in [0.25, 0.3) is 5.91 Å². The number of nitrogen functional groups attached to an aromatic ring is 1. The monoisotopic (exact) mass is 523 g/mol. The van der Waals surface area contributed by atoms with Crippen LogP contribution in [0, 0.1) is 6.92 Å². The Bertz CT molecular complexity index is 1370. The number of ether oxygens (including phenoxy) is 1. The highest BCUT2D eigenvalue weighted by atomic mass is 19.4. The van der Waals surface area contributed by atoms with E-state index >= 15 is 0 Å². The first-order chi connectivity index (χ1) is 17.2. The van der Waals surface area contributed by atoms with Crippen LogP contribution in [0.3, 0.4) is 0 Å². The molecule has 1 saturated heterocycles. The number of amides is 2. The Morgan fingerprint density at radius 3 is 2.51 bits per heavy atom. The lowest BCUT2D eigenvalue weighted by Crippen LogP contribution is -2.42. The molecule has 1 aliphatic rings. The number of aryl methyl sites for hydroxylation is 1. The average Bonchev–Trinajstić information content (AvgIpc) is 3.35. The summed E-state index contributed by atoms with van der Waals surface area (Å²) in [5.41, 5.74) is 3.88. The fourth-order valence-corrected chi connectivity index (χ4v) is 4.01. The van der Waals surface area contributed by atoms with Crippen LogP contribution in [-0.2, 0) is 10.9 Å². The summed E-state index contributed by atoms with van der Waals surface area (Å²) >= 11 is 0. The van der Waals surface area contributed by atoms with Crippen LogP contribution >= 0.6 is 0 Å². The highest BCUT2D eigenvalue weighted by Crippen LogP contribution is 2.38. The first-order valence-corrected chi connectivity index (χ1v) is 11.2. The van der Waals surface area contributed by atoms with Crippen molar-refractivity contribution in [3.63, 3.8) is 0 Å². The molecule has 198 valence electrons. The molecule has 2 atom stereocenters. The molecule has 3 aromatic rings. The second kappa shape index (κ2) is 9.16. The van der Waals surface area contributed by atoms with Crippen LogP contribution in [0.15, 0.2) is 24.7 Å². The minimum absolute atomic E-state index is 0.0155. The Labute approximate surface area is 208 Å². The van der Waals surface area contributed by atoms with E-state index in [9.17, 15) is 27.2 Å². The smallest absolute Gasteiger partial charge is 0.418 e. The summed E-state index contributed by atoms with van der Waals surface area (Å²) in [6.07, 6.45) is -4.67. The third-order valence-corrected chi connectivity index (χ3v) is 5.73. The van der Waals surface area contributed by atoms with E-state index in [1.165, 1.54) is 19.2 Å². The zero-order valence-corrected chi connectivity index (χ0v) is 20.4. The summed E-state index contributed by atoms with van der Waals surface area (Å²) in [6.45, 7) is 6.22. The number of carbonyl (C=O) groups is 2. The summed E-state index contributed by atoms with van der Waals surface area (Å²) in [7, 11) is 0. The van der Waals surface area contributed by atoms with Crippen LogP contribution in [0.5, 0.6) is 0 Å². The van der Waals surface area contributed by atoms with Gasteiger partial charge in [-0.2, -0.15) is 18.3 Å². The minimum atomic E-state index is -4.74. The normalized spacial score (nSPS) is 18.3. The summed E-state index contributed by atoms with van der Waals surface area (Å²) in [6, 6.07) is 1.18. The standard InChI is InChI=1S/C23H25F4N7O3/c1-11-13(20(35)32-16-9-33(8-15(16)24)21(36)37-22(2,3)4)5-12(7-29-11)17-6-14(23(25,26)27)18-19(28)30-10-31-34(17)18/h5-7,10,15-16H,8-9H2,1-4H3,(H,32,35)(H2,28,30,31). The SMILES string of the molecule is Cc1ncc(-c2cc(C(F)(F)F)c3c(N)ncnn23)cc1C(=O)NC1CN(C(=O)OC(C)(C)C)CC1F. The number of fused-ring (bicyclic) bond motifs is 1. The second-order valence-electron chi connectivity index (χ2n) is 9.68. The number of likely N-dealkylation sites (tertiary alicyclic amines) is 1. The Morgan fingerprint density at radius 1 is 1.16 bits per heavy atom. The van der Waals surface area contributed by atoms with E-state index in [1.807, 2.05) is 0 Å². The minimum Gasteiger partial charge on any atom is -0.444 e. The van der Waals surface area contributed by atoms with E-state index in [2.05, 4.69) is 20.4 Å². The Hall–Kier alpha value is -3.97. The first-order valence-electron chi connectivity index (χ1n) is 11.2. The van der Waals surface area contributed by atoms with Crippen LogP contribution in [0.4, 0.5) is 28.2 Å². The highest BCUT2D eigenvalue weighted by molar-refractivity contribution is 5.96. The number of nitrogens with two attached hydrogens (primary N) is 1. The summed E-state index contributed by atoms with van der Waals surface area (Å²) in [4.78, 5) is 34.3. The zero-order valence-electron chi connectivity index (χ0n) is 20.4. The van der Waals surface area contributed by atoms with Gasteiger partial charge in [-0.05, 0) is 39.8 Å². The van der Waals surface area contributed by atoms with Crippen LogP contribution in [0.25, 0.3) is 16.8 Å². The van der Waals surface area contributed by atoms with Gasteiger partial charge in [0.1, 0.15) is 23.6 Å². The van der Waals surface area contributed by atoms with Gasteiger partial charge in [-0.25, -0.2) is 18.7 Å². The van der Waals surface area contributed by atoms with E-state index in [1.54, 1.807) is 20.8 Å². The number of hydrogen-bond acceptors (Lipinski definition) is 7. The number of nitrogens with zero attached hydrogens (tertiary/aromatic N) is 5. The van der Waals surface area contributed by atoms with E-state index in [0.717, 1.165) is 21.8 Å². The number of hydrogen-bond donors (Lipinski definition) is 2. The molecule has 0 saturated carbocycles. The van der Waals surface area contributed by atoms with Crippen molar-refractivity contribution in [3.05, 3.63) is 41.5 Å². The fourth-order valence-electron chi connectivity index (χ4n) is 4.01. The largest absolute Gasteiger partial charge is 0.444 e. The first kappa shape index (κ1) is 26.1. The molecule has 4 heterocycles. The second-order valence-corrected chi connectivity index (χ2v) is 9.68. The molecule has 1 aliphatic heterocycles. The Kier molecular flexibility index (Phi) is 6.46. The third-order valence-electron chi connectivity index (χ3n) is 5.73. The molecule has 2 unspecified atom stereocenters.